The molecular formula is C10H17NO4. The minimum Gasteiger partial charge on any atom is -0.465 e. The van der Waals surface area contributed by atoms with E-state index in [1.54, 1.807) is 20.8 Å². The normalized spacial score (nSPS) is 26.3. The Morgan fingerprint density at radius 1 is 1.53 bits per heavy atom. The van der Waals surface area contributed by atoms with E-state index in [2.05, 4.69) is 0 Å². The molecule has 5 heteroatoms. The molecule has 1 unspecified atom stereocenters. The van der Waals surface area contributed by atoms with Crippen molar-refractivity contribution < 1.29 is 19.4 Å². The first-order valence-corrected chi connectivity index (χ1v) is 4.94. The molecule has 0 aliphatic carbocycles. The zero-order chi connectivity index (χ0) is 11.8. The van der Waals surface area contributed by atoms with E-state index in [1.807, 2.05) is 6.92 Å². The summed E-state index contributed by atoms with van der Waals surface area (Å²) in [5.74, 6) is -0.535. The van der Waals surface area contributed by atoms with Crippen molar-refractivity contribution in [2.45, 2.75) is 39.3 Å². The van der Waals surface area contributed by atoms with E-state index < -0.39 is 23.6 Å². The summed E-state index contributed by atoms with van der Waals surface area (Å²) in [6.07, 6.45) is -1.09. The molecule has 0 radical (unpaired) electrons. The second-order valence-corrected chi connectivity index (χ2v) is 4.88. The van der Waals surface area contributed by atoms with Crippen molar-refractivity contribution >= 4 is 12.1 Å². The van der Waals surface area contributed by atoms with Gasteiger partial charge in [-0.15, -0.1) is 0 Å². The molecule has 0 saturated carbocycles. The fraction of sp³-hybridized carbons (Fsp3) is 0.800. The average Bonchev–Trinajstić information content (AvgIpc) is 2.32. The van der Waals surface area contributed by atoms with Gasteiger partial charge in [0.05, 0.1) is 6.61 Å². The summed E-state index contributed by atoms with van der Waals surface area (Å²) >= 11 is 0. The van der Waals surface area contributed by atoms with Gasteiger partial charge < -0.3 is 9.84 Å². The predicted molar refractivity (Wildman–Crippen MR) is 53.5 cm³/mol. The van der Waals surface area contributed by atoms with Crippen LogP contribution in [0.4, 0.5) is 4.79 Å². The first kappa shape index (κ1) is 11.8. The maximum Gasteiger partial charge on any atom is 0.408 e. The molecule has 1 saturated heterocycles. The average molecular weight is 215 g/mol. The second-order valence-electron chi connectivity index (χ2n) is 4.88. The number of hydrogen-bond donors (Lipinski definition) is 1. The molecule has 1 amide bonds. The van der Waals surface area contributed by atoms with Crippen LogP contribution in [0.25, 0.3) is 0 Å². The molecule has 1 aliphatic rings. The smallest absolute Gasteiger partial charge is 0.408 e. The van der Waals surface area contributed by atoms with Crippen LogP contribution in [0.5, 0.6) is 0 Å². The van der Waals surface area contributed by atoms with Gasteiger partial charge in [0.15, 0.2) is 0 Å². The number of ether oxygens (including phenoxy) is 1. The van der Waals surface area contributed by atoms with E-state index in [0.717, 1.165) is 0 Å². The number of hydrogen-bond acceptors (Lipinski definition) is 3. The monoisotopic (exact) mass is 215 g/mol. The fourth-order valence-corrected chi connectivity index (χ4v) is 1.81. The van der Waals surface area contributed by atoms with Crippen LogP contribution in [-0.2, 0) is 9.53 Å². The molecule has 1 N–H and O–H groups in total. The van der Waals surface area contributed by atoms with Gasteiger partial charge in [0.1, 0.15) is 6.04 Å². The Morgan fingerprint density at radius 2 is 2.07 bits per heavy atom. The lowest BCUT2D eigenvalue weighted by molar-refractivity contribution is -0.143. The zero-order valence-electron chi connectivity index (χ0n) is 9.48. The Bertz CT molecular complexity index is 282. The van der Waals surface area contributed by atoms with Gasteiger partial charge in [-0.05, 0) is 20.8 Å². The standard InChI is InChI=1S/C10H17NO4/c1-6-5-15-8(12)7(6)11(9(13)14)10(2,3)4/h6-7H,5H2,1-4H3,(H,13,14)/t6?,7-/m0/s1. The first-order valence-electron chi connectivity index (χ1n) is 4.94. The summed E-state index contributed by atoms with van der Waals surface area (Å²) < 4.78 is 4.86. The molecule has 1 heterocycles. The van der Waals surface area contributed by atoms with E-state index in [9.17, 15) is 9.59 Å². The van der Waals surface area contributed by atoms with Gasteiger partial charge in [-0.2, -0.15) is 0 Å². The third-order valence-corrected chi connectivity index (χ3v) is 2.48. The summed E-state index contributed by atoms with van der Waals surface area (Å²) in [6, 6.07) is -0.678. The molecule has 1 fully saturated rings. The summed E-state index contributed by atoms with van der Waals surface area (Å²) in [7, 11) is 0. The Kier molecular flexibility index (Phi) is 2.93. The largest absolute Gasteiger partial charge is 0.465 e. The number of rotatable bonds is 1. The molecule has 2 atom stereocenters. The lowest BCUT2D eigenvalue weighted by atomic mass is 9.97. The van der Waals surface area contributed by atoms with E-state index in [-0.39, 0.29) is 5.92 Å². The highest BCUT2D eigenvalue weighted by atomic mass is 16.5. The van der Waals surface area contributed by atoms with Crippen LogP contribution >= 0.6 is 0 Å². The highest BCUT2D eigenvalue weighted by Crippen LogP contribution is 2.27. The molecule has 0 spiro atoms. The van der Waals surface area contributed by atoms with Crippen molar-refractivity contribution in [1.29, 1.82) is 0 Å². The molecule has 1 rings (SSSR count). The number of carboxylic acid groups (broad SMARTS) is 1. The predicted octanol–water partition coefficient (Wildman–Crippen LogP) is 1.33. The molecule has 15 heavy (non-hydrogen) atoms. The highest BCUT2D eigenvalue weighted by molar-refractivity contribution is 5.83. The number of nitrogens with zero attached hydrogens (tertiary/aromatic N) is 1. The zero-order valence-corrected chi connectivity index (χ0v) is 9.48. The fourth-order valence-electron chi connectivity index (χ4n) is 1.81. The molecule has 0 aromatic heterocycles. The molecule has 0 aromatic rings. The van der Waals surface area contributed by atoms with Crippen molar-refractivity contribution in [2.75, 3.05) is 6.61 Å². The summed E-state index contributed by atoms with van der Waals surface area (Å²) in [6.45, 7) is 7.40. The van der Waals surface area contributed by atoms with Crippen LogP contribution in [0, 0.1) is 5.92 Å². The van der Waals surface area contributed by atoms with Crippen LogP contribution in [0.2, 0.25) is 0 Å². The third-order valence-electron chi connectivity index (χ3n) is 2.48. The van der Waals surface area contributed by atoms with Crippen molar-refractivity contribution in [3.8, 4) is 0 Å². The molecular weight excluding hydrogens is 198 g/mol. The number of carbonyl (C=O) groups is 2. The van der Waals surface area contributed by atoms with E-state index in [4.69, 9.17) is 9.84 Å². The van der Waals surface area contributed by atoms with Crippen molar-refractivity contribution in [2.24, 2.45) is 5.92 Å². The van der Waals surface area contributed by atoms with Crippen LogP contribution < -0.4 is 0 Å². The van der Waals surface area contributed by atoms with E-state index >= 15 is 0 Å². The Balaban J connectivity index is 2.99. The summed E-state index contributed by atoms with van der Waals surface area (Å²) in [5, 5.41) is 9.12. The van der Waals surface area contributed by atoms with Gasteiger partial charge in [-0.1, -0.05) is 6.92 Å². The molecule has 1 aliphatic heterocycles. The number of amides is 1. The van der Waals surface area contributed by atoms with E-state index in [0.29, 0.717) is 6.61 Å². The SMILES string of the molecule is CC1COC(=O)[C@H]1N(C(=O)O)C(C)(C)C. The molecule has 0 bridgehead atoms. The first-order chi connectivity index (χ1) is 6.75. The quantitative estimate of drug-likeness (QED) is 0.670. The summed E-state index contributed by atoms with van der Waals surface area (Å²) in [4.78, 5) is 23.8. The Hall–Kier alpha value is -1.26. The maximum atomic E-state index is 11.5. The van der Waals surface area contributed by atoms with Gasteiger partial charge >= 0.3 is 12.1 Å². The van der Waals surface area contributed by atoms with Gasteiger partial charge in [-0.3, -0.25) is 4.90 Å². The van der Waals surface area contributed by atoms with Gasteiger partial charge in [0, 0.05) is 11.5 Å². The highest BCUT2D eigenvalue weighted by Gasteiger charge is 2.45. The van der Waals surface area contributed by atoms with Crippen LogP contribution in [0.1, 0.15) is 27.7 Å². The Morgan fingerprint density at radius 3 is 2.33 bits per heavy atom. The Labute approximate surface area is 89.0 Å². The number of esters is 1. The lowest BCUT2D eigenvalue weighted by Gasteiger charge is -2.37. The van der Waals surface area contributed by atoms with E-state index in [1.165, 1.54) is 4.90 Å². The van der Waals surface area contributed by atoms with Crippen molar-refractivity contribution in [3.05, 3.63) is 0 Å². The lowest BCUT2D eigenvalue weighted by Crippen LogP contribution is -2.54. The summed E-state index contributed by atoms with van der Waals surface area (Å²) in [5.41, 5.74) is -0.603. The van der Waals surface area contributed by atoms with Gasteiger partial charge in [0.2, 0.25) is 0 Å². The number of carbonyl (C=O) groups excluding carboxylic acids is 1. The van der Waals surface area contributed by atoms with Crippen LogP contribution in [-0.4, -0.2) is 40.3 Å². The molecule has 86 valence electrons. The third kappa shape index (κ3) is 2.22. The van der Waals surface area contributed by atoms with Crippen LogP contribution in [0.3, 0.4) is 0 Å². The molecule has 5 nitrogen and oxygen atoms in total. The van der Waals surface area contributed by atoms with Crippen molar-refractivity contribution in [1.82, 2.24) is 4.90 Å². The molecule has 0 aromatic carbocycles. The van der Waals surface area contributed by atoms with Gasteiger partial charge in [0.25, 0.3) is 0 Å². The van der Waals surface area contributed by atoms with Crippen molar-refractivity contribution in [3.63, 3.8) is 0 Å². The minimum absolute atomic E-state index is 0.0900. The van der Waals surface area contributed by atoms with Crippen LogP contribution in [0.15, 0.2) is 0 Å². The maximum absolute atomic E-state index is 11.5. The van der Waals surface area contributed by atoms with Gasteiger partial charge in [-0.25, -0.2) is 9.59 Å². The minimum atomic E-state index is -1.09. The second kappa shape index (κ2) is 3.72. The topological polar surface area (TPSA) is 66.8 Å². The number of cyclic esters (lactones) is 1.